The minimum absolute atomic E-state index is 0.115. The van der Waals surface area contributed by atoms with Gasteiger partial charge in [0.15, 0.2) is 16.8 Å². The molecule has 0 fully saturated rings. The van der Waals surface area contributed by atoms with Crippen molar-refractivity contribution in [2.24, 2.45) is 5.92 Å². The number of aromatic amines is 1. The molecular weight excluding hydrogens is 440 g/mol. The van der Waals surface area contributed by atoms with Crippen LogP contribution < -0.4 is 4.74 Å². The van der Waals surface area contributed by atoms with Gasteiger partial charge in [-0.05, 0) is 43.9 Å². The van der Waals surface area contributed by atoms with E-state index in [1.807, 2.05) is 34.9 Å². The quantitative estimate of drug-likeness (QED) is 0.248. The van der Waals surface area contributed by atoms with Crippen molar-refractivity contribution >= 4 is 23.5 Å². The molecule has 9 heteroatoms. The Morgan fingerprint density at radius 2 is 1.88 bits per heavy atom. The number of carbonyl (C=O) groups is 2. The number of para-hydroxylation sites is 1. The lowest BCUT2D eigenvalue weighted by atomic mass is 10.1. The third kappa shape index (κ3) is 6.04. The van der Waals surface area contributed by atoms with E-state index < -0.39 is 5.97 Å². The van der Waals surface area contributed by atoms with Gasteiger partial charge in [-0.1, -0.05) is 43.8 Å². The van der Waals surface area contributed by atoms with Crippen molar-refractivity contribution in [3.05, 3.63) is 58.7 Å². The van der Waals surface area contributed by atoms with E-state index >= 15 is 0 Å². The Labute approximate surface area is 198 Å². The number of methoxy groups -OCH3 is 1. The zero-order chi connectivity index (χ0) is 24.0. The highest BCUT2D eigenvalue weighted by Gasteiger charge is 2.23. The molecule has 8 nitrogen and oxygen atoms in total. The second-order valence-electron chi connectivity index (χ2n) is 8.16. The number of H-pyrrole nitrogens is 1. The van der Waals surface area contributed by atoms with Crippen LogP contribution in [0.25, 0.3) is 0 Å². The number of hydrogen-bond acceptors (Lipinski definition) is 7. The molecule has 0 saturated carbocycles. The Balaban J connectivity index is 1.74. The molecule has 0 aliphatic heterocycles. The lowest BCUT2D eigenvalue weighted by Gasteiger charge is -2.12. The van der Waals surface area contributed by atoms with E-state index in [-0.39, 0.29) is 11.5 Å². The van der Waals surface area contributed by atoms with Crippen molar-refractivity contribution in [2.75, 3.05) is 12.9 Å². The molecule has 2 aromatic heterocycles. The van der Waals surface area contributed by atoms with Gasteiger partial charge in [0.05, 0.1) is 24.1 Å². The number of rotatable bonds is 11. The summed E-state index contributed by atoms with van der Waals surface area (Å²) in [6.45, 7) is 8.86. The molecule has 33 heavy (non-hydrogen) atoms. The monoisotopic (exact) mass is 470 g/mol. The van der Waals surface area contributed by atoms with Gasteiger partial charge in [-0.3, -0.25) is 4.79 Å². The topological polar surface area (TPSA) is 99.1 Å². The van der Waals surface area contributed by atoms with Crippen LogP contribution in [-0.4, -0.2) is 44.4 Å². The number of thioether (sulfide) groups is 1. The number of ether oxygens (including phenoxy) is 2. The van der Waals surface area contributed by atoms with Crippen molar-refractivity contribution in [3.8, 4) is 5.75 Å². The smallest absolute Gasteiger partial charge is 0.339 e. The van der Waals surface area contributed by atoms with Crippen LogP contribution in [0.2, 0.25) is 0 Å². The Morgan fingerprint density at radius 3 is 2.55 bits per heavy atom. The molecule has 0 bridgehead atoms. The molecule has 0 aliphatic rings. The van der Waals surface area contributed by atoms with Gasteiger partial charge >= 0.3 is 5.97 Å². The van der Waals surface area contributed by atoms with E-state index in [0.29, 0.717) is 46.0 Å². The number of aryl methyl sites for hydroxylation is 1. The fourth-order valence-electron chi connectivity index (χ4n) is 3.45. The molecule has 3 aromatic rings. The first kappa shape index (κ1) is 24.6. The van der Waals surface area contributed by atoms with Crippen molar-refractivity contribution in [1.82, 2.24) is 19.7 Å². The van der Waals surface area contributed by atoms with Crippen LogP contribution >= 0.6 is 11.8 Å². The summed E-state index contributed by atoms with van der Waals surface area (Å²) in [5.41, 5.74) is 2.05. The lowest BCUT2D eigenvalue weighted by molar-refractivity contribution is 0.0599. The van der Waals surface area contributed by atoms with E-state index in [4.69, 9.17) is 9.47 Å². The normalized spacial score (nSPS) is 11.1. The molecular formula is C24H30N4O4S. The average Bonchev–Trinajstić information content (AvgIpc) is 3.34. The third-order valence-electron chi connectivity index (χ3n) is 5.27. The van der Waals surface area contributed by atoms with Gasteiger partial charge in [0.1, 0.15) is 12.4 Å². The highest BCUT2D eigenvalue weighted by atomic mass is 32.2. The standard InChI is InChI=1S/C24H30N4O4S/c1-15(2)11-12-28-20(13-32-18-9-7-6-8-10-18)26-27-24(28)33-14-19(29)22-16(3)21(17(4)25-22)23(30)31-5/h6-10,15,25H,11-14H2,1-5H3. The number of esters is 1. The number of Topliss-reactive ketones (excluding diaryl/α,β-unsaturated/α-hetero) is 1. The van der Waals surface area contributed by atoms with Gasteiger partial charge < -0.3 is 19.0 Å². The number of hydrogen-bond donors (Lipinski definition) is 1. The second kappa shape index (κ2) is 11.2. The summed E-state index contributed by atoms with van der Waals surface area (Å²) in [5, 5.41) is 9.31. The summed E-state index contributed by atoms with van der Waals surface area (Å²) >= 11 is 1.33. The van der Waals surface area contributed by atoms with E-state index in [0.717, 1.165) is 18.7 Å². The van der Waals surface area contributed by atoms with Crippen molar-refractivity contribution in [3.63, 3.8) is 0 Å². The SMILES string of the molecule is COC(=O)c1c(C)[nH]c(C(=O)CSc2nnc(COc3ccccc3)n2CCC(C)C)c1C. The van der Waals surface area contributed by atoms with Gasteiger partial charge in [0.25, 0.3) is 0 Å². The first-order valence-electron chi connectivity index (χ1n) is 10.8. The van der Waals surface area contributed by atoms with E-state index in [9.17, 15) is 9.59 Å². The van der Waals surface area contributed by atoms with Crippen molar-refractivity contribution in [1.29, 1.82) is 0 Å². The van der Waals surface area contributed by atoms with E-state index in [1.54, 1.807) is 13.8 Å². The predicted molar refractivity (Wildman–Crippen MR) is 127 cm³/mol. The molecule has 0 spiro atoms. The molecule has 0 unspecified atom stereocenters. The molecule has 3 rings (SSSR count). The number of carbonyl (C=O) groups excluding carboxylic acids is 2. The largest absolute Gasteiger partial charge is 0.486 e. The number of benzene rings is 1. The molecule has 0 atom stereocenters. The summed E-state index contributed by atoms with van der Waals surface area (Å²) in [5.74, 6) is 1.59. The lowest BCUT2D eigenvalue weighted by Crippen LogP contribution is -2.11. The molecule has 176 valence electrons. The number of aromatic nitrogens is 4. The van der Waals surface area contributed by atoms with Crippen LogP contribution in [0, 0.1) is 19.8 Å². The molecule has 1 N–H and O–H groups in total. The first-order valence-corrected chi connectivity index (χ1v) is 11.8. The highest BCUT2D eigenvalue weighted by Crippen LogP contribution is 2.24. The number of nitrogens with zero attached hydrogens (tertiary/aromatic N) is 3. The molecule has 0 amide bonds. The second-order valence-corrected chi connectivity index (χ2v) is 9.11. The first-order chi connectivity index (χ1) is 15.8. The highest BCUT2D eigenvalue weighted by molar-refractivity contribution is 7.99. The molecule has 0 aliphatic carbocycles. The zero-order valence-corrected chi connectivity index (χ0v) is 20.5. The maximum absolute atomic E-state index is 12.9. The van der Waals surface area contributed by atoms with Crippen LogP contribution in [0.1, 0.15) is 58.2 Å². The Morgan fingerprint density at radius 1 is 1.15 bits per heavy atom. The van der Waals surface area contributed by atoms with Gasteiger partial charge in [0.2, 0.25) is 0 Å². The van der Waals surface area contributed by atoms with Gasteiger partial charge in [-0.2, -0.15) is 0 Å². The van der Waals surface area contributed by atoms with Crippen molar-refractivity contribution in [2.45, 2.75) is 52.4 Å². The van der Waals surface area contributed by atoms with E-state index in [2.05, 4.69) is 29.0 Å². The molecule has 0 saturated heterocycles. The maximum atomic E-state index is 12.9. The third-order valence-corrected chi connectivity index (χ3v) is 6.24. The minimum Gasteiger partial charge on any atom is -0.486 e. The maximum Gasteiger partial charge on any atom is 0.339 e. The van der Waals surface area contributed by atoms with Gasteiger partial charge in [-0.15, -0.1) is 10.2 Å². The summed E-state index contributed by atoms with van der Waals surface area (Å²) in [6.07, 6.45) is 0.954. The fourth-order valence-corrected chi connectivity index (χ4v) is 4.30. The molecule has 0 radical (unpaired) electrons. The zero-order valence-electron chi connectivity index (χ0n) is 19.7. The predicted octanol–water partition coefficient (Wildman–Crippen LogP) is 4.61. The molecule has 2 heterocycles. The van der Waals surface area contributed by atoms with Crippen LogP contribution in [0.4, 0.5) is 0 Å². The van der Waals surface area contributed by atoms with Crippen LogP contribution in [-0.2, 0) is 17.9 Å². The Kier molecular flexibility index (Phi) is 8.32. The van der Waals surface area contributed by atoms with Crippen LogP contribution in [0.5, 0.6) is 5.75 Å². The summed E-state index contributed by atoms with van der Waals surface area (Å²) < 4.78 is 12.7. The molecule has 1 aromatic carbocycles. The van der Waals surface area contributed by atoms with E-state index in [1.165, 1.54) is 18.9 Å². The summed E-state index contributed by atoms with van der Waals surface area (Å²) in [7, 11) is 1.33. The van der Waals surface area contributed by atoms with Gasteiger partial charge in [0, 0.05) is 12.2 Å². The van der Waals surface area contributed by atoms with Crippen LogP contribution in [0.15, 0.2) is 35.5 Å². The Bertz CT molecular complexity index is 1110. The summed E-state index contributed by atoms with van der Waals surface area (Å²) in [6, 6.07) is 9.56. The number of ketones is 1. The van der Waals surface area contributed by atoms with Crippen LogP contribution in [0.3, 0.4) is 0 Å². The van der Waals surface area contributed by atoms with Gasteiger partial charge in [-0.25, -0.2) is 4.79 Å². The summed E-state index contributed by atoms with van der Waals surface area (Å²) in [4.78, 5) is 28.0. The number of nitrogens with one attached hydrogen (secondary N) is 1. The van der Waals surface area contributed by atoms with Crippen molar-refractivity contribution < 1.29 is 19.1 Å². The Hall–Kier alpha value is -3.07. The fraction of sp³-hybridized carbons (Fsp3) is 0.417. The minimum atomic E-state index is -0.454. The average molecular weight is 471 g/mol.